The molecule has 1 aromatic rings. The third-order valence-corrected chi connectivity index (χ3v) is 5.28. The molecule has 0 bridgehead atoms. The molecule has 1 aliphatic carbocycles. The molecule has 136 valence electrons. The van der Waals surface area contributed by atoms with Crippen LogP contribution in [-0.4, -0.2) is 41.1 Å². The van der Waals surface area contributed by atoms with E-state index in [9.17, 15) is 9.59 Å². The van der Waals surface area contributed by atoms with E-state index in [-0.39, 0.29) is 24.5 Å². The normalized spacial score (nSPS) is 22.4. The maximum Gasteiger partial charge on any atom is 0.258 e. The van der Waals surface area contributed by atoms with Crippen LogP contribution in [0.2, 0.25) is 5.02 Å². The van der Waals surface area contributed by atoms with Gasteiger partial charge in [0, 0.05) is 6.04 Å². The molecule has 0 aromatic heterocycles. The Hall–Kier alpha value is -1.59. The second-order valence-corrected chi connectivity index (χ2v) is 7.56. The van der Waals surface area contributed by atoms with E-state index in [0.717, 1.165) is 32.1 Å². The lowest BCUT2D eigenvalue weighted by Crippen LogP contribution is -2.57. The van der Waals surface area contributed by atoms with Crippen LogP contribution in [0.25, 0.3) is 0 Å². The third kappa shape index (κ3) is 3.53. The summed E-state index contributed by atoms with van der Waals surface area (Å²) in [5, 5.41) is 3.31. The molecule has 3 rings (SSSR count). The van der Waals surface area contributed by atoms with Crippen molar-refractivity contribution in [3.8, 4) is 0 Å². The van der Waals surface area contributed by atoms with E-state index < -0.39 is 11.8 Å². The molecule has 5 nitrogen and oxygen atoms in total. The van der Waals surface area contributed by atoms with Crippen LogP contribution < -0.4 is 5.32 Å². The highest BCUT2D eigenvalue weighted by atomic mass is 35.5. The largest absolute Gasteiger partial charge is 0.353 e. The highest BCUT2D eigenvalue weighted by molar-refractivity contribution is 6.33. The smallest absolute Gasteiger partial charge is 0.258 e. The van der Waals surface area contributed by atoms with E-state index in [4.69, 9.17) is 16.3 Å². The van der Waals surface area contributed by atoms with Crippen LogP contribution in [-0.2, 0) is 9.53 Å². The van der Waals surface area contributed by atoms with E-state index in [0.29, 0.717) is 10.6 Å². The van der Waals surface area contributed by atoms with Crippen LogP contribution in [0.15, 0.2) is 24.3 Å². The Morgan fingerprint density at radius 1 is 1.24 bits per heavy atom. The predicted octanol–water partition coefficient (Wildman–Crippen LogP) is 3.37. The van der Waals surface area contributed by atoms with E-state index >= 15 is 0 Å². The second kappa shape index (κ2) is 7.34. The fourth-order valence-corrected chi connectivity index (χ4v) is 4.03. The summed E-state index contributed by atoms with van der Waals surface area (Å²) in [6.07, 6.45) is 4.63. The van der Waals surface area contributed by atoms with Crippen molar-refractivity contribution < 1.29 is 14.3 Å². The van der Waals surface area contributed by atoms with Crippen molar-refractivity contribution in [3.63, 3.8) is 0 Å². The standard InChI is InChI=1S/C19H25ClN2O3/c1-13(2)21-17(23)16-12-25-19(10-6-3-7-11-19)22(16)18(24)14-8-4-5-9-15(14)20/h4-5,8-9,13,16H,3,6-7,10-12H2,1-2H3,(H,21,23)/t16-/m1/s1. The van der Waals surface area contributed by atoms with Crippen LogP contribution in [0.3, 0.4) is 0 Å². The Bertz CT molecular complexity index is 656. The zero-order valence-electron chi connectivity index (χ0n) is 14.8. The first-order valence-corrected chi connectivity index (χ1v) is 9.35. The lowest BCUT2D eigenvalue weighted by Gasteiger charge is -2.41. The Morgan fingerprint density at radius 3 is 2.56 bits per heavy atom. The van der Waals surface area contributed by atoms with Crippen LogP contribution >= 0.6 is 11.6 Å². The summed E-state index contributed by atoms with van der Waals surface area (Å²) in [7, 11) is 0. The molecular formula is C19H25ClN2O3. The topological polar surface area (TPSA) is 58.6 Å². The molecule has 1 aliphatic heterocycles. The zero-order chi connectivity index (χ0) is 18.0. The van der Waals surface area contributed by atoms with Crippen LogP contribution in [0.1, 0.15) is 56.3 Å². The van der Waals surface area contributed by atoms with E-state index in [1.807, 2.05) is 13.8 Å². The van der Waals surface area contributed by atoms with Gasteiger partial charge in [-0.1, -0.05) is 30.2 Å². The quantitative estimate of drug-likeness (QED) is 0.894. The molecule has 1 N–H and O–H groups in total. The van der Waals surface area contributed by atoms with Crippen molar-refractivity contribution in [3.05, 3.63) is 34.9 Å². The molecule has 1 spiro atoms. The molecule has 0 unspecified atom stereocenters. The average Bonchev–Trinajstić information content (AvgIpc) is 2.93. The second-order valence-electron chi connectivity index (χ2n) is 7.15. The fraction of sp³-hybridized carbons (Fsp3) is 0.579. The summed E-state index contributed by atoms with van der Waals surface area (Å²) in [4.78, 5) is 27.7. The van der Waals surface area contributed by atoms with Crippen molar-refractivity contribution in [2.75, 3.05) is 6.61 Å². The summed E-state index contributed by atoms with van der Waals surface area (Å²) in [6, 6.07) is 6.36. The minimum Gasteiger partial charge on any atom is -0.353 e. The van der Waals surface area contributed by atoms with Crippen molar-refractivity contribution in [2.24, 2.45) is 0 Å². The van der Waals surface area contributed by atoms with Gasteiger partial charge in [0.05, 0.1) is 17.2 Å². The molecule has 2 fully saturated rings. The predicted molar refractivity (Wildman–Crippen MR) is 96.5 cm³/mol. The monoisotopic (exact) mass is 364 g/mol. The third-order valence-electron chi connectivity index (χ3n) is 4.95. The first kappa shape index (κ1) is 18.2. The molecule has 6 heteroatoms. The van der Waals surface area contributed by atoms with Gasteiger partial charge in [-0.15, -0.1) is 0 Å². The molecule has 2 amide bonds. The van der Waals surface area contributed by atoms with Gasteiger partial charge >= 0.3 is 0 Å². The van der Waals surface area contributed by atoms with Crippen LogP contribution in [0, 0.1) is 0 Å². The number of nitrogens with one attached hydrogen (secondary N) is 1. The number of carbonyl (C=O) groups is 2. The van der Waals surface area contributed by atoms with Gasteiger partial charge in [-0.05, 0) is 51.7 Å². The number of carbonyl (C=O) groups excluding carboxylic acids is 2. The Labute approximate surface area is 153 Å². The number of hydrogen-bond donors (Lipinski definition) is 1. The number of rotatable bonds is 3. The highest BCUT2D eigenvalue weighted by Gasteiger charge is 2.53. The number of ether oxygens (including phenoxy) is 1. The van der Waals surface area contributed by atoms with E-state index in [2.05, 4.69) is 5.32 Å². The Kier molecular flexibility index (Phi) is 5.35. The van der Waals surface area contributed by atoms with E-state index in [1.54, 1.807) is 29.2 Å². The minimum atomic E-state index is -0.687. The zero-order valence-corrected chi connectivity index (χ0v) is 15.5. The first-order valence-electron chi connectivity index (χ1n) is 8.97. The number of amides is 2. The average molecular weight is 365 g/mol. The van der Waals surface area contributed by atoms with Gasteiger partial charge in [-0.3, -0.25) is 14.5 Å². The van der Waals surface area contributed by atoms with Gasteiger partial charge in [0.1, 0.15) is 11.8 Å². The molecule has 1 saturated carbocycles. The summed E-state index contributed by atoms with van der Waals surface area (Å²) in [5.74, 6) is -0.397. The molecule has 1 saturated heterocycles. The molecule has 2 aliphatic rings. The van der Waals surface area contributed by atoms with Crippen molar-refractivity contribution in [1.82, 2.24) is 10.2 Å². The lowest BCUT2D eigenvalue weighted by molar-refractivity contribution is -0.127. The van der Waals surface area contributed by atoms with Gasteiger partial charge in [0.2, 0.25) is 5.91 Å². The Morgan fingerprint density at radius 2 is 1.92 bits per heavy atom. The maximum atomic E-state index is 13.3. The minimum absolute atomic E-state index is 0.00710. The molecular weight excluding hydrogens is 340 g/mol. The molecule has 0 radical (unpaired) electrons. The van der Waals surface area contributed by atoms with Crippen LogP contribution in [0.4, 0.5) is 0 Å². The number of benzene rings is 1. The summed E-state index contributed by atoms with van der Waals surface area (Å²) < 4.78 is 6.09. The lowest BCUT2D eigenvalue weighted by atomic mass is 9.89. The molecule has 25 heavy (non-hydrogen) atoms. The van der Waals surface area contributed by atoms with Gasteiger partial charge in [-0.25, -0.2) is 0 Å². The van der Waals surface area contributed by atoms with Gasteiger partial charge < -0.3 is 10.1 Å². The SMILES string of the molecule is CC(C)NC(=O)[C@H]1COC2(CCCCC2)N1C(=O)c1ccccc1Cl. The highest BCUT2D eigenvalue weighted by Crippen LogP contribution is 2.41. The van der Waals surface area contributed by atoms with Gasteiger partial charge in [0.25, 0.3) is 5.91 Å². The summed E-state index contributed by atoms with van der Waals surface area (Å²) in [5.41, 5.74) is -0.269. The summed E-state index contributed by atoms with van der Waals surface area (Å²) in [6.45, 7) is 4.05. The summed E-state index contributed by atoms with van der Waals surface area (Å²) >= 11 is 6.25. The van der Waals surface area contributed by atoms with E-state index in [1.165, 1.54) is 0 Å². The fourth-order valence-electron chi connectivity index (χ4n) is 3.82. The van der Waals surface area contributed by atoms with Gasteiger partial charge in [0.15, 0.2) is 0 Å². The maximum absolute atomic E-state index is 13.3. The van der Waals surface area contributed by atoms with Crippen LogP contribution in [0.5, 0.6) is 0 Å². The van der Waals surface area contributed by atoms with Gasteiger partial charge in [-0.2, -0.15) is 0 Å². The first-order chi connectivity index (χ1) is 11.9. The number of halogens is 1. The number of hydrogen-bond acceptors (Lipinski definition) is 3. The molecule has 1 atom stereocenters. The van der Waals surface area contributed by atoms with Crippen molar-refractivity contribution in [2.45, 2.75) is 63.8 Å². The number of nitrogens with zero attached hydrogens (tertiary/aromatic N) is 1. The molecule has 1 heterocycles. The van der Waals surface area contributed by atoms with Crippen molar-refractivity contribution >= 4 is 23.4 Å². The molecule has 1 aromatic carbocycles. The Balaban J connectivity index is 1.96. The van der Waals surface area contributed by atoms with Crippen molar-refractivity contribution in [1.29, 1.82) is 0 Å².